The van der Waals surface area contributed by atoms with Gasteiger partial charge in [-0.1, -0.05) is 12.5 Å². The molecule has 0 aliphatic heterocycles. The van der Waals surface area contributed by atoms with E-state index >= 15 is 0 Å². The van der Waals surface area contributed by atoms with Crippen molar-refractivity contribution in [3.05, 3.63) is 72.4 Å². The summed E-state index contributed by atoms with van der Waals surface area (Å²) in [5.74, 6) is 0.825. The highest BCUT2D eigenvalue weighted by molar-refractivity contribution is 6.05. The van der Waals surface area contributed by atoms with Crippen molar-refractivity contribution in [3.8, 4) is 11.4 Å². The number of imidazole rings is 1. The number of nitrogens with zero attached hydrogens (tertiary/aromatic N) is 2. The first-order valence-corrected chi connectivity index (χ1v) is 13.7. The van der Waals surface area contributed by atoms with Crippen molar-refractivity contribution in [2.24, 2.45) is 11.8 Å². The van der Waals surface area contributed by atoms with Crippen LogP contribution in [0.15, 0.2) is 66.9 Å². The van der Waals surface area contributed by atoms with E-state index in [9.17, 15) is 14.4 Å². The molecule has 4 aromatic rings. The van der Waals surface area contributed by atoms with Crippen molar-refractivity contribution < 1.29 is 19.1 Å². The SMILES string of the molecule is CC(=O)O[C@]12CCC[C@@H](CC(C(=O)Nc3ccc(-c4nc5ccc(C(=O)Nc6ccccn6)cc5[nH]4)cc3)C1)C2. The first-order chi connectivity index (χ1) is 19.4. The van der Waals surface area contributed by atoms with Gasteiger partial charge in [-0.15, -0.1) is 0 Å². The largest absolute Gasteiger partial charge is 0.459 e. The van der Waals surface area contributed by atoms with Crippen LogP contribution in [0.4, 0.5) is 11.5 Å². The third kappa shape index (κ3) is 5.45. The van der Waals surface area contributed by atoms with Gasteiger partial charge in [0.05, 0.1) is 11.0 Å². The Kier molecular flexibility index (Phi) is 6.79. The number of hydrogen-bond acceptors (Lipinski definition) is 6. The summed E-state index contributed by atoms with van der Waals surface area (Å²) in [6, 6.07) is 18.2. The zero-order chi connectivity index (χ0) is 27.7. The van der Waals surface area contributed by atoms with E-state index in [2.05, 4.69) is 25.6 Å². The van der Waals surface area contributed by atoms with E-state index in [4.69, 9.17) is 4.74 Å². The highest BCUT2D eigenvalue weighted by atomic mass is 16.6. The van der Waals surface area contributed by atoms with Crippen LogP contribution < -0.4 is 10.6 Å². The molecule has 2 aromatic carbocycles. The van der Waals surface area contributed by atoms with Crippen molar-refractivity contribution in [2.45, 2.75) is 51.0 Å². The number of anilines is 2. The van der Waals surface area contributed by atoms with Gasteiger partial charge in [-0.3, -0.25) is 14.4 Å². The van der Waals surface area contributed by atoms with Crippen LogP contribution in [-0.4, -0.2) is 38.3 Å². The minimum atomic E-state index is -0.501. The fourth-order valence-corrected chi connectivity index (χ4v) is 6.27. The summed E-state index contributed by atoms with van der Waals surface area (Å²) in [6.07, 6.45) is 6.83. The zero-order valence-electron chi connectivity index (χ0n) is 22.3. The molecule has 2 fully saturated rings. The summed E-state index contributed by atoms with van der Waals surface area (Å²) in [5, 5.41) is 5.84. The fourth-order valence-electron chi connectivity index (χ4n) is 6.27. The van der Waals surface area contributed by atoms with Gasteiger partial charge in [0.2, 0.25) is 5.91 Å². The Morgan fingerprint density at radius 1 is 1.02 bits per heavy atom. The van der Waals surface area contributed by atoms with Gasteiger partial charge >= 0.3 is 5.97 Å². The van der Waals surface area contributed by atoms with Crippen molar-refractivity contribution in [2.75, 3.05) is 10.6 Å². The molecule has 2 aliphatic carbocycles. The minimum Gasteiger partial charge on any atom is -0.459 e. The molecule has 9 heteroatoms. The lowest BCUT2D eigenvalue weighted by molar-refractivity contribution is -0.171. The normalized spacial score (nSPS) is 21.9. The second-order valence-electron chi connectivity index (χ2n) is 10.9. The van der Waals surface area contributed by atoms with Gasteiger partial charge in [0, 0.05) is 35.9 Å². The third-order valence-electron chi connectivity index (χ3n) is 7.95. The van der Waals surface area contributed by atoms with E-state index in [1.807, 2.05) is 30.3 Å². The molecule has 0 spiro atoms. The number of ether oxygens (including phenoxy) is 1. The number of amides is 2. The Labute approximate surface area is 231 Å². The highest BCUT2D eigenvalue weighted by Crippen LogP contribution is 2.47. The lowest BCUT2D eigenvalue weighted by Gasteiger charge is -2.46. The van der Waals surface area contributed by atoms with Crippen LogP contribution in [0, 0.1) is 11.8 Å². The van der Waals surface area contributed by atoms with Crippen LogP contribution >= 0.6 is 0 Å². The number of nitrogens with one attached hydrogen (secondary N) is 3. The van der Waals surface area contributed by atoms with Crippen molar-refractivity contribution >= 4 is 40.3 Å². The van der Waals surface area contributed by atoms with Gasteiger partial charge < -0.3 is 20.4 Å². The number of carbonyl (C=O) groups excluding carboxylic acids is 3. The first kappa shape index (κ1) is 25.7. The lowest BCUT2D eigenvalue weighted by atomic mass is 9.65. The quantitative estimate of drug-likeness (QED) is 0.270. The molecule has 9 nitrogen and oxygen atoms in total. The predicted molar refractivity (Wildman–Crippen MR) is 152 cm³/mol. The molecule has 6 rings (SSSR count). The van der Waals surface area contributed by atoms with Gasteiger partial charge in [0.25, 0.3) is 5.91 Å². The van der Waals surface area contributed by atoms with Crippen LogP contribution in [0.3, 0.4) is 0 Å². The van der Waals surface area contributed by atoms with E-state index in [0.29, 0.717) is 35.2 Å². The number of carbonyl (C=O) groups is 3. The van der Waals surface area contributed by atoms with Crippen LogP contribution in [0.1, 0.15) is 55.8 Å². The Balaban J connectivity index is 1.13. The first-order valence-electron chi connectivity index (χ1n) is 13.7. The number of H-pyrrole nitrogens is 1. The number of aromatic amines is 1. The third-order valence-corrected chi connectivity index (χ3v) is 7.95. The molecule has 204 valence electrons. The summed E-state index contributed by atoms with van der Waals surface area (Å²) >= 11 is 0. The monoisotopic (exact) mass is 537 g/mol. The van der Waals surface area contributed by atoms with Crippen LogP contribution in [-0.2, 0) is 14.3 Å². The standard InChI is InChI=1S/C31H31N5O4/c1-19(37)40-31-13-4-5-20(17-31)15-23(18-31)30(39)33-24-10-7-21(8-11-24)28-34-25-12-9-22(16-26(25)35-28)29(38)36-27-6-2-3-14-32-27/h2-3,6-12,14,16,20,23H,4-5,13,15,17-18H2,1H3,(H,33,39)(H,34,35)(H,32,36,38)/t20-,23?,31-/m0/s1. The highest BCUT2D eigenvalue weighted by Gasteiger charge is 2.47. The Morgan fingerprint density at radius 2 is 1.88 bits per heavy atom. The van der Waals surface area contributed by atoms with Crippen molar-refractivity contribution in [1.29, 1.82) is 0 Å². The summed E-state index contributed by atoms with van der Waals surface area (Å²) in [7, 11) is 0. The van der Waals surface area contributed by atoms with Gasteiger partial charge in [0.1, 0.15) is 17.2 Å². The Morgan fingerprint density at radius 3 is 2.65 bits per heavy atom. The number of pyridine rings is 1. The average Bonchev–Trinajstić information content (AvgIpc) is 3.37. The number of benzene rings is 2. The maximum atomic E-state index is 13.2. The average molecular weight is 538 g/mol. The molecular formula is C31H31N5O4. The molecular weight excluding hydrogens is 506 g/mol. The van der Waals surface area contributed by atoms with Crippen molar-refractivity contribution in [1.82, 2.24) is 15.0 Å². The molecule has 2 aromatic heterocycles. The predicted octanol–water partition coefficient (Wildman–Crippen LogP) is 5.72. The smallest absolute Gasteiger partial charge is 0.303 e. The Hall–Kier alpha value is -4.53. The maximum absolute atomic E-state index is 13.2. The summed E-state index contributed by atoms with van der Waals surface area (Å²) in [5.41, 5.74) is 3.04. The molecule has 2 amide bonds. The topological polar surface area (TPSA) is 126 Å². The summed E-state index contributed by atoms with van der Waals surface area (Å²) < 4.78 is 5.76. The summed E-state index contributed by atoms with van der Waals surface area (Å²) in [6.45, 7) is 1.45. The van der Waals surface area contributed by atoms with Crippen LogP contribution in [0.5, 0.6) is 0 Å². The molecule has 2 aliphatic rings. The fraction of sp³-hybridized carbons (Fsp3) is 0.323. The number of fused-ring (bicyclic) bond motifs is 3. The molecule has 1 unspecified atom stereocenters. The molecule has 40 heavy (non-hydrogen) atoms. The van der Waals surface area contributed by atoms with Crippen molar-refractivity contribution in [3.63, 3.8) is 0 Å². The molecule has 0 saturated heterocycles. The second kappa shape index (κ2) is 10.6. The summed E-state index contributed by atoms with van der Waals surface area (Å²) in [4.78, 5) is 49.7. The Bertz CT molecular complexity index is 1570. The zero-order valence-corrected chi connectivity index (χ0v) is 22.3. The molecule has 0 radical (unpaired) electrons. The number of esters is 1. The number of hydrogen-bond donors (Lipinski definition) is 3. The molecule has 2 heterocycles. The number of rotatable bonds is 6. The molecule has 3 atom stereocenters. The maximum Gasteiger partial charge on any atom is 0.303 e. The van der Waals surface area contributed by atoms with E-state index in [0.717, 1.165) is 48.7 Å². The lowest BCUT2D eigenvalue weighted by Crippen LogP contribution is -2.48. The molecule has 3 N–H and O–H groups in total. The van der Waals surface area contributed by atoms with Gasteiger partial charge in [-0.2, -0.15) is 0 Å². The number of aromatic nitrogens is 3. The van der Waals surface area contributed by atoms with E-state index in [-0.39, 0.29) is 23.7 Å². The van der Waals surface area contributed by atoms with Gasteiger partial charge in [0.15, 0.2) is 0 Å². The second-order valence-corrected chi connectivity index (χ2v) is 10.9. The van der Waals surface area contributed by atoms with Gasteiger partial charge in [-0.05, 0) is 92.6 Å². The van der Waals surface area contributed by atoms with Crippen LogP contribution in [0.25, 0.3) is 22.4 Å². The molecule has 2 saturated carbocycles. The van der Waals surface area contributed by atoms with E-state index in [1.54, 1.807) is 36.5 Å². The van der Waals surface area contributed by atoms with E-state index in [1.165, 1.54) is 6.92 Å². The van der Waals surface area contributed by atoms with Crippen LogP contribution in [0.2, 0.25) is 0 Å². The minimum absolute atomic E-state index is 0.0314. The van der Waals surface area contributed by atoms with Gasteiger partial charge in [-0.25, -0.2) is 9.97 Å². The van der Waals surface area contributed by atoms with E-state index < -0.39 is 5.60 Å². The molecule has 2 bridgehead atoms.